The first-order valence-corrected chi connectivity index (χ1v) is 7.91. The normalized spacial score (nSPS) is 11.5. The van der Waals surface area contributed by atoms with E-state index in [0.29, 0.717) is 21.4 Å². The van der Waals surface area contributed by atoms with E-state index in [9.17, 15) is 9.59 Å². The van der Waals surface area contributed by atoms with E-state index < -0.39 is 17.9 Å². The first-order valence-electron chi connectivity index (χ1n) is 7.15. The van der Waals surface area contributed by atoms with Gasteiger partial charge in [0.15, 0.2) is 6.10 Å². The van der Waals surface area contributed by atoms with Crippen LogP contribution in [-0.2, 0) is 4.79 Å². The van der Waals surface area contributed by atoms with Crippen molar-refractivity contribution in [2.24, 2.45) is 0 Å². The molecule has 2 amide bonds. The highest BCUT2D eigenvalue weighted by Gasteiger charge is 2.17. The molecule has 126 valence electrons. The van der Waals surface area contributed by atoms with E-state index in [1.807, 2.05) is 19.1 Å². The van der Waals surface area contributed by atoms with Crippen LogP contribution in [0.3, 0.4) is 0 Å². The SMILES string of the molecule is Cc1ccc(C(=O)NNC(=O)C(C)Oc2ccc(Cl)cc2Cl)cc1. The van der Waals surface area contributed by atoms with Gasteiger partial charge < -0.3 is 4.74 Å². The Labute approximate surface area is 149 Å². The van der Waals surface area contributed by atoms with Gasteiger partial charge >= 0.3 is 0 Å². The fourth-order valence-corrected chi connectivity index (χ4v) is 2.26. The lowest BCUT2D eigenvalue weighted by Gasteiger charge is -2.16. The molecular formula is C17H16Cl2N2O3. The molecule has 24 heavy (non-hydrogen) atoms. The van der Waals surface area contributed by atoms with Gasteiger partial charge in [0.1, 0.15) is 5.75 Å². The second-order valence-electron chi connectivity index (χ2n) is 5.14. The van der Waals surface area contributed by atoms with Crippen LogP contribution in [0.15, 0.2) is 42.5 Å². The number of nitrogens with one attached hydrogen (secondary N) is 2. The summed E-state index contributed by atoms with van der Waals surface area (Å²) in [5.41, 5.74) is 6.13. The highest BCUT2D eigenvalue weighted by atomic mass is 35.5. The highest BCUT2D eigenvalue weighted by Crippen LogP contribution is 2.28. The van der Waals surface area contributed by atoms with Gasteiger partial charge in [0.05, 0.1) is 5.02 Å². The van der Waals surface area contributed by atoms with Crippen molar-refractivity contribution in [1.82, 2.24) is 10.9 Å². The number of hydrogen-bond acceptors (Lipinski definition) is 3. The Hall–Kier alpha value is -2.24. The number of benzene rings is 2. The second-order valence-corrected chi connectivity index (χ2v) is 5.99. The summed E-state index contributed by atoms with van der Waals surface area (Å²) in [5, 5.41) is 0.764. The molecule has 2 aromatic rings. The third-order valence-corrected chi connectivity index (χ3v) is 3.71. The molecule has 0 saturated carbocycles. The molecule has 0 aromatic heterocycles. The van der Waals surface area contributed by atoms with Crippen molar-refractivity contribution in [3.05, 3.63) is 63.6 Å². The molecule has 5 nitrogen and oxygen atoms in total. The summed E-state index contributed by atoms with van der Waals surface area (Å²) < 4.78 is 5.46. The predicted octanol–water partition coefficient (Wildman–Crippen LogP) is 3.53. The minimum atomic E-state index is -0.859. The van der Waals surface area contributed by atoms with E-state index in [0.717, 1.165) is 5.56 Å². The molecule has 1 unspecified atom stereocenters. The topological polar surface area (TPSA) is 67.4 Å². The zero-order valence-electron chi connectivity index (χ0n) is 13.1. The summed E-state index contributed by atoms with van der Waals surface area (Å²) in [4.78, 5) is 23.9. The van der Waals surface area contributed by atoms with Gasteiger partial charge in [-0.3, -0.25) is 20.4 Å². The zero-order valence-corrected chi connectivity index (χ0v) is 14.6. The van der Waals surface area contributed by atoms with Crippen molar-refractivity contribution in [3.63, 3.8) is 0 Å². The van der Waals surface area contributed by atoms with E-state index in [4.69, 9.17) is 27.9 Å². The Bertz CT molecular complexity index is 748. The maximum atomic E-state index is 12.0. The fourth-order valence-electron chi connectivity index (χ4n) is 1.81. The maximum absolute atomic E-state index is 12.0. The van der Waals surface area contributed by atoms with Gasteiger partial charge in [-0.05, 0) is 44.2 Å². The van der Waals surface area contributed by atoms with Crippen LogP contribution in [0.1, 0.15) is 22.8 Å². The Morgan fingerprint density at radius 2 is 1.71 bits per heavy atom. The van der Waals surface area contributed by atoms with Gasteiger partial charge in [-0.1, -0.05) is 40.9 Å². The van der Waals surface area contributed by atoms with Crippen LogP contribution < -0.4 is 15.6 Å². The number of carbonyl (C=O) groups is 2. The molecule has 1 atom stereocenters. The van der Waals surface area contributed by atoms with E-state index in [2.05, 4.69) is 10.9 Å². The van der Waals surface area contributed by atoms with Crippen LogP contribution in [-0.4, -0.2) is 17.9 Å². The van der Waals surface area contributed by atoms with Gasteiger partial charge in [-0.25, -0.2) is 0 Å². The van der Waals surface area contributed by atoms with E-state index in [1.165, 1.54) is 13.0 Å². The fraction of sp³-hybridized carbons (Fsp3) is 0.176. The van der Waals surface area contributed by atoms with Crippen LogP contribution in [0.4, 0.5) is 0 Å². The van der Waals surface area contributed by atoms with Gasteiger partial charge in [0.2, 0.25) is 0 Å². The second kappa shape index (κ2) is 8.04. The van der Waals surface area contributed by atoms with Crippen LogP contribution >= 0.6 is 23.2 Å². The summed E-state index contributed by atoms with van der Waals surface area (Å²) in [6.45, 7) is 3.46. The molecule has 0 spiro atoms. The van der Waals surface area contributed by atoms with E-state index >= 15 is 0 Å². The van der Waals surface area contributed by atoms with Crippen molar-refractivity contribution in [1.29, 1.82) is 0 Å². The first kappa shape index (κ1) is 18.1. The zero-order chi connectivity index (χ0) is 17.7. The van der Waals surface area contributed by atoms with Crippen LogP contribution in [0, 0.1) is 6.92 Å². The molecule has 0 bridgehead atoms. The summed E-state index contributed by atoms with van der Waals surface area (Å²) in [5.74, 6) is -0.602. The van der Waals surface area contributed by atoms with Gasteiger partial charge in [0.25, 0.3) is 11.8 Å². The molecule has 0 aliphatic rings. The maximum Gasteiger partial charge on any atom is 0.279 e. The lowest BCUT2D eigenvalue weighted by molar-refractivity contribution is -0.128. The van der Waals surface area contributed by atoms with Crippen LogP contribution in [0.25, 0.3) is 0 Å². The Morgan fingerprint density at radius 1 is 1.04 bits per heavy atom. The summed E-state index contributed by atoms with van der Waals surface area (Å²) in [6.07, 6.45) is -0.859. The smallest absolute Gasteiger partial charge is 0.279 e. The quantitative estimate of drug-likeness (QED) is 0.813. The van der Waals surface area contributed by atoms with Crippen molar-refractivity contribution in [3.8, 4) is 5.75 Å². The monoisotopic (exact) mass is 366 g/mol. The van der Waals surface area contributed by atoms with Gasteiger partial charge in [0, 0.05) is 10.6 Å². The van der Waals surface area contributed by atoms with Crippen molar-refractivity contribution in [2.75, 3.05) is 0 Å². The lowest BCUT2D eigenvalue weighted by Crippen LogP contribution is -2.47. The molecule has 0 aliphatic carbocycles. The van der Waals surface area contributed by atoms with Crippen LogP contribution in [0.5, 0.6) is 5.75 Å². The molecule has 2 N–H and O–H groups in total. The number of rotatable bonds is 4. The first-order chi connectivity index (χ1) is 11.4. The number of hydrazine groups is 1. The molecule has 0 saturated heterocycles. The van der Waals surface area contributed by atoms with Crippen molar-refractivity contribution in [2.45, 2.75) is 20.0 Å². The number of hydrogen-bond donors (Lipinski definition) is 2. The molecule has 2 aromatic carbocycles. The van der Waals surface area contributed by atoms with E-state index in [1.54, 1.807) is 24.3 Å². The molecule has 0 radical (unpaired) electrons. The average Bonchev–Trinajstić information content (AvgIpc) is 2.55. The Balaban J connectivity index is 1.89. The number of halogens is 2. The predicted molar refractivity (Wildman–Crippen MR) is 93.3 cm³/mol. The third-order valence-electron chi connectivity index (χ3n) is 3.18. The summed E-state index contributed by atoms with van der Waals surface area (Å²) in [6, 6.07) is 11.7. The molecule has 0 fully saturated rings. The lowest BCUT2D eigenvalue weighted by atomic mass is 10.1. The van der Waals surface area contributed by atoms with Crippen molar-refractivity contribution >= 4 is 35.0 Å². The summed E-state index contributed by atoms with van der Waals surface area (Å²) in [7, 11) is 0. The minimum absolute atomic E-state index is 0.297. The minimum Gasteiger partial charge on any atom is -0.479 e. The van der Waals surface area contributed by atoms with Gasteiger partial charge in [-0.2, -0.15) is 0 Å². The van der Waals surface area contributed by atoms with Crippen molar-refractivity contribution < 1.29 is 14.3 Å². The average molecular weight is 367 g/mol. The molecule has 2 rings (SSSR count). The molecular weight excluding hydrogens is 351 g/mol. The molecule has 0 heterocycles. The standard InChI is InChI=1S/C17H16Cl2N2O3/c1-10-3-5-12(6-4-10)17(23)21-20-16(22)11(2)24-15-8-7-13(18)9-14(15)19/h3-9,11H,1-2H3,(H,20,22)(H,21,23). The number of amides is 2. The van der Waals surface area contributed by atoms with Gasteiger partial charge in [-0.15, -0.1) is 0 Å². The number of ether oxygens (including phenoxy) is 1. The highest BCUT2D eigenvalue weighted by molar-refractivity contribution is 6.35. The third kappa shape index (κ3) is 4.88. The molecule has 0 aliphatic heterocycles. The Morgan fingerprint density at radius 3 is 2.33 bits per heavy atom. The Kier molecular flexibility index (Phi) is 6.06. The summed E-state index contributed by atoms with van der Waals surface area (Å²) >= 11 is 11.8. The molecule has 7 heteroatoms. The van der Waals surface area contributed by atoms with Crippen LogP contribution in [0.2, 0.25) is 10.0 Å². The number of carbonyl (C=O) groups excluding carboxylic acids is 2. The van der Waals surface area contributed by atoms with E-state index in [-0.39, 0.29) is 0 Å². The number of aryl methyl sites for hydroxylation is 1. The largest absolute Gasteiger partial charge is 0.479 e.